The van der Waals surface area contributed by atoms with Gasteiger partial charge in [-0.2, -0.15) is 0 Å². The van der Waals surface area contributed by atoms with Crippen LogP contribution in [0, 0.1) is 0 Å². The minimum Gasteiger partial charge on any atom is -0.322 e. The summed E-state index contributed by atoms with van der Waals surface area (Å²) >= 11 is 11.8. The van der Waals surface area contributed by atoms with Crippen LogP contribution in [0.4, 0.5) is 10.5 Å². The number of ketones is 1. The van der Waals surface area contributed by atoms with Gasteiger partial charge >= 0.3 is 6.03 Å². The molecule has 136 valence electrons. The number of benzene rings is 1. The number of carbonyl (C=O) groups is 2. The fourth-order valence-corrected chi connectivity index (χ4v) is 3.47. The summed E-state index contributed by atoms with van der Waals surface area (Å²) in [5.74, 6) is 0.256. The predicted octanol–water partition coefficient (Wildman–Crippen LogP) is 2.46. The molecule has 1 atom stereocenters. The van der Waals surface area contributed by atoms with Crippen LogP contribution >= 0.6 is 23.2 Å². The first-order chi connectivity index (χ1) is 12.0. The van der Waals surface area contributed by atoms with Crippen molar-refractivity contribution in [2.45, 2.75) is 18.9 Å². The Morgan fingerprint density at radius 2 is 1.92 bits per heavy atom. The number of nitrogens with one attached hydrogen (secondary N) is 2. The number of hydrogen-bond acceptors (Lipinski definition) is 4. The number of amides is 2. The maximum absolute atomic E-state index is 12.3. The van der Waals surface area contributed by atoms with Crippen molar-refractivity contribution >= 4 is 40.7 Å². The maximum atomic E-state index is 12.3. The summed E-state index contributed by atoms with van der Waals surface area (Å²) in [7, 11) is 0. The van der Waals surface area contributed by atoms with Crippen molar-refractivity contribution in [3.05, 3.63) is 28.2 Å². The molecule has 2 N–H and O–H groups in total. The quantitative estimate of drug-likeness (QED) is 0.836. The zero-order valence-electron chi connectivity index (χ0n) is 13.9. The van der Waals surface area contributed by atoms with Gasteiger partial charge in [0.25, 0.3) is 0 Å². The first-order valence-electron chi connectivity index (χ1n) is 8.52. The second-order valence-corrected chi connectivity index (χ2v) is 7.25. The third-order valence-corrected chi connectivity index (χ3v) is 5.40. The average molecular weight is 385 g/mol. The molecule has 1 aromatic carbocycles. The molecule has 6 nitrogen and oxygen atoms in total. The largest absolute Gasteiger partial charge is 0.322 e. The Hall–Kier alpha value is -1.34. The molecule has 8 heteroatoms. The molecule has 2 saturated heterocycles. The van der Waals surface area contributed by atoms with Gasteiger partial charge < -0.3 is 15.5 Å². The second-order valence-electron chi connectivity index (χ2n) is 6.44. The molecule has 1 aromatic rings. The topological polar surface area (TPSA) is 64.7 Å². The van der Waals surface area contributed by atoms with Gasteiger partial charge in [-0.15, -0.1) is 0 Å². The van der Waals surface area contributed by atoms with Gasteiger partial charge in [0.2, 0.25) is 0 Å². The number of carbonyl (C=O) groups excluding carboxylic acids is 2. The summed E-state index contributed by atoms with van der Waals surface area (Å²) in [6.07, 6.45) is 2.00. The SMILES string of the molecule is O=C(CN1CCN(C(=O)Nc2ccc(Cl)c(Cl)c2)CC1)C1CCCN1. The number of piperazine rings is 1. The molecule has 2 fully saturated rings. The molecular weight excluding hydrogens is 363 g/mol. The first kappa shape index (κ1) is 18.5. The second kappa shape index (κ2) is 8.36. The average Bonchev–Trinajstić information content (AvgIpc) is 3.13. The highest BCUT2D eigenvalue weighted by Gasteiger charge is 2.26. The molecule has 2 heterocycles. The monoisotopic (exact) mass is 384 g/mol. The molecule has 2 aliphatic rings. The molecular formula is C17H22Cl2N4O2. The molecule has 2 amide bonds. The van der Waals surface area contributed by atoms with Gasteiger partial charge in [-0.05, 0) is 37.6 Å². The third-order valence-electron chi connectivity index (χ3n) is 4.66. The fraction of sp³-hybridized carbons (Fsp3) is 0.529. The number of nitrogens with zero attached hydrogens (tertiary/aromatic N) is 2. The molecule has 25 heavy (non-hydrogen) atoms. The van der Waals surface area contributed by atoms with Crippen molar-refractivity contribution in [3.63, 3.8) is 0 Å². The van der Waals surface area contributed by atoms with Crippen LogP contribution in [0.25, 0.3) is 0 Å². The van der Waals surface area contributed by atoms with E-state index in [1.807, 2.05) is 0 Å². The van der Waals surface area contributed by atoms with Crippen molar-refractivity contribution in [3.8, 4) is 0 Å². The summed E-state index contributed by atoms with van der Waals surface area (Å²) in [5.41, 5.74) is 0.615. The van der Waals surface area contributed by atoms with Gasteiger partial charge in [0.15, 0.2) is 5.78 Å². The van der Waals surface area contributed by atoms with E-state index in [4.69, 9.17) is 23.2 Å². The molecule has 0 aromatic heterocycles. The summed E-state index contributed by atoms with van der Waals surface area (Å²) in [6, 6.07) is 4.85. The molecule has 0 radical (unpaired) electrons. The zero-order chi connectivity index (χ0) is 17.8. The number of urea groups is 1. The fourth-order valence-electron chi connectivity index (χ4n) is 3.18. The summed E-state index contributed by atoms with van der Waals surface area (Å²) < 4.78 is 0. The minimum atomic E-state index is -0.165. The Kier molecular flexibility index (Phi) is 6.17. The molecule has 2 aliphatic heterocycles. The Bertz CT molecular complexity index is 642. The first-order valence-corrected chi connectivity index (χ1v) is 9.28. The van der Waals surface area contributed by atoms with Crippen LogP contribution in [-0.2, 0) is 4.79 Å². The van der Waals surface area contributed by atoms with Crippen molar-refractivity contribution < 1.29 is 9.59 Å². The van der Waals surface area contributed by atoms with E-state index < -0.39 is 0 Å². The molecule has 1 unspecified atom stereocenters. The van der Waals surface area contributed by atoms with E-state index in [-0.39, 0.29) is 17.9 Å². The summed E-state index contributed by atoms with van der Waals surface area (Å²) in [4.78, 5) is 28.4. The number of halogens is 2. The van der Waals surface area contributed by atoms with Crippen molar-refractivity contribution in [2.75, 3.05) is 44.6 Å². The van der Waals surface area contributed by atoms with E-state index in [0.29, 0.717) is 48.5 Å². The van der Waals surface area contributed by atoms with Crippen molar-refractivity contribution in [1.29, 1.82) is 0 Å². The maximum Gasteiger partial charge on any atom is 0.321 e. The van der Waals surface area contributed by atoms with E-state index >= 15 is 0 Å². The number of anilines is 1. The van der Waals surface area contributed by atoms with Crippen LogP contribution in [-0.4, -0.2) is 66.9 Å². The van der Waals surface area contributed by atoms with Crippen LogP contribution in [0.3, 0.4) is 0 Å². The van der Waals surface area contributed by atoms with E-state index in [1.165, 1.54) is 0 Å². The highest BCUT2D eigenvalue weighted by molar-refractivity contribution is 6.42. The van der Waals surface area contributed by atoms with Crippen molar-refractivity contribution in [2.24, 2.45) is 0 Å². The number of rotatable bonds is 4. The van der Waals surface area contributed by atoms with E-state index in [2.05, 4.69) is 15.5 Å². The van der Waals surface area contributed by atoms with Gasteiger partial charge in [-0.1, -0.05) is 23.2 Å². The van der Waals surface area contributed by atoms with Gasteiger partial charge in [0.1, 0.15) is 0 Å². The lowest BCUT2D eigenvalue weighted by Crippen LogP contribution is -2.52. The van der Waals surface area contributed by atoms with Gasteiger partial charge in [0, 0.05) is 31.9 Å². The molecule has 0 saturated carbocycles. The Morgan fingerprint density at radius 3 is 2.56 bits per heavy atom. The standard InChI is InChI=1S/C17H22Cl2N4O2/c18-13-4-3-12(10-14(13)19)21-17(25)23-8-6-22(7-9-23)11-16(24)15-2-1-5-20-15/h3-4,10,15,20H,1-2,5-9,11H2,(H,21,25). The molecule has 0 spiro atoms. The molecule has 0 bridgehead atoms. The Morgan fingerprint density at radius 1 is 1.16 bits per heavy atom. The Balaban J connectivity index is 1.45. The number of Topliss-reactive ketones (excluding diaryl/α,β-unsaturated/α-hetero) is 1. The molecule has 3 rings (SSSR count). The van der Waals surface area contributed by atoms with Crippen LogP contribution < -0.4 is 10.6 Å². The van der Waals surface area contributed by atoms with Gasteiger partial charge in [-0.25, -0.2) is 4.79 Å². The number of hydrogen-bond donors (Lipinski definition) is 2. The van der Waals surface area contributed by atoms with Gasteiger partial charge in [-0.3, -0.25) is 9.69 Å². The smallest absolute Gasteiger partial charge is 0.321 e. The van der Waals surface area contributed by atoms with Crippen molar-refractivity contribution in [1.82, 2.24) is 15.1 Å². The zero-order valence-corrected chi connectivity index (χ0v) is 15.4. The summed E-state index contributed by atoms with van der Waals surface area (Å²) in [6.45, 7) is 3.98. The minimum absolute atomic E-state index is 0.0102. The lowest BCUT2D eigenvalue weighted by Gasteiger charge is -2.34. The van der Waals surface area contributed by atoms with Gasteiger partial charge in [0.05, 0.1) is 22.6 Å². The Labute approximate surface area is 157 Å². The molecule has 0 aliphatic carbocycles. The van der Waals surface area contributed by atoms with E-state index in [1.54, 1.807) is 23.1 Å². The van der Waals surface area contributed by atoms with E-state index in [0.717, 1.165) is 19.4 Å². The highest BCUT2D eigenvalue weighted by atomic mass is 35.5. The third kappa shape index (κ3) is 4.85. The lowest BCUT2D eigenvalue weighted by molar-refractivity contribution is -0.122. The normalized spacial score (nSPS) is 21.4. The van der Waals surface area contributed by atoms with Crippen LogP contribution in [0.15, 0.2) is 18.2 Å². The predicted molar refractivity (Wildman–Crippen MR) is 99.5 cm³/mol. The highest BCUT2D eigenvalue weighted by Crippen LogP contribution is 2.25. The van der Waals surface area contributed by atoms with Crippen LogP contribution in [0.1, 0.15) is 12.8 Å². The van der Waals surface area contributed by atoms with Crippen LogP contribution in [0.5, 0.6) is 0 Å². The van der Waals surface area contributed by atoms with Crippen LogP contribution in [0.2, 0.25) is 10.0 Å². The summed E-state index contributed by atoms with van der Waals surface area (Å²) in [5, 5.41) is 6.93. The lowest BCUT2D eigenvalue weighted by atomic mass is 10.1. The van der Waals surface area contributed by atoms with E-state index in [9.17, 15) is 9.59 Å².